The lowest BCUT2D eigenvalue weighted by Crippen LogP contribution is -2.52. The van der Waals surface area contributed by atoms with Crippen LogP contribution in [0.2, 0.25) is 10.0 Å². The molecule has 0 bridgehead atoms. The normalized spacial score (nSPS) is 16.3. The number of carbonyl (C=O) groups excluding carboxylic acids is 1. The number of benzene rings is 2. The molecule has 1 unspecified atom stereocenters. The lowest BCUT2D eigenvalue weighted by molar-refractivity contribution is 0.0982. The zero-order chi connectivity index (χ0) is 19.9. The number of carbonyl (C=O) groups is 2. The highest BCUT2D eigenvalue weighted by atomic mass is 35.5. The topological polar surface area (TPSA) is 60.9 Å². The molecule has 1 heterocycles. The molecule has 5 nitrogen and oxygen atoms in total. The lowest BCUT2D eigenvalue weighted by Gasteiger charge is -2.41. The number of hydrogen-bond acceptors (Lipinski definition) is 2. The maximum atomic E-state index is 13.2. The number of amides is 2. The largest absolute Gasteiger partial charge is 0.465 e. The van der Waals surface area contributed by atoms with Crippen molar-refractivity contribution in [3.05, 3.63) is 57.1 Å². The van der Waals surface area contributed by atoms with Gasteiger partial charge in [-0.05, 0) is 61.7 Å². The fourth-order valence-electron chi connectivity index (χ4n) is 3.33. The zero-order valence-electron chi connectivity index (χ0n) is 15.3. The van der Waals surface area contributed by atoms with Gasteiger partial charge < -0.3 is 10.0 Å². The van der Waals surface area contributed by atoms with Crippen LogP contribution in [0, 0.1) is 13.8 Å². The number of fused-ring (bicyclic) bond motifs is 1. The molecule has 142 valence electrons. The fraction of sp³-hybridized carbons (Fsp3) is 0.300. The third-order valence-corrected chi connectivity index (χ3v) is 5.73. The maximum Gasteiger partial charge on any atom is 0.412 e. The van der Waals surface area contributed by atoms with Crippen LogP contribution in [0.4, 0.5) is 16.2 Å². The van der Waals surface area contributed by atoms with Crippen LogP contribution in [0.5, 0.6) is 0 Å². The Morgan fingerprint density at radius 1 is 1.07 bits per heavy atom. The van der Waals surface area contributed by atoms with Gasteiger partial charge in [-0.15, -0.1) is 0 Å². The Kier molecular flexibility index (Phi) is 5.36. The summed E-state index contributed by atoms with van der Waals surface area (Å²) >= 11 is 12.0. The molecule has 0 saturated carbocycles. The predicted molar refractivity (Wildman–Crippen MR) is 109 cm³/mol. The first kappa shape index (κ1) is 19.5. The van der Waals surface area contributed by atoms with Crippen molar-refractivity contribution in [3.8, 4) is 0 Å². The Hall–Kier alpha value is -2.24. The molecule has 0 aromatic heterocycles. The molecule has 1 N–H and O–H groups in total. The van der Waals surface area contributed by atoms with Gasteiger partial charge in [0, 0.05) is 12.1 Å². The summed E-state index contributed by atoms with van der Waals surface area (Å²) in [5, 5.41) is 10.4. The second-order valence-electron chi connectivity index (χ2n) is 6.68. The van der Waals surface area contributed by atoms with Gasteiger partial charge in [0.15, 0.2) is 0 Å². The summed E-state index contributed by atoms with van der Waals surface area (Å²) in [5.74, 6) is -0.235. The van der Waals surface area contributed by atoms with E-state index in [1.54, 1.807) is 17.0 Å². The molecule has 0 aliphatic carbocycles. The first-order valence-electron chi connectivity index (χ1n) is 8.65. The van der Waals surface area contributed by atoms with Crippen LogP contribution in [0.15, 0.2) is 30.3 Å². The Labute approximate surface area is 168 Å². The Bertz CT molecular complexity index is 930. The smallest absolute Gasteiger partial charge is 0.412 e. The van der Waals surface area contributed by atoms with E-state index in [0.29, 0.717) is 33.4 Å². The summed E-state index contributed by atoms with van der Waals surface area (Å²) in [7, 11) is 0. The quantitative estimate of drug-likeness (QED) is 0.712. The van der Waals surface area contributed by atoms with E-state index in [9.17, 15) is 14.7 Å². The predicted octanol–water partition coefficient (Wildman–Crippen LogP) is 5.53. The average Bonchev–Trinajstić information content (AvgIpc) is 2.63. The van der Waals surface area contributed by atoms with Gasteiger partial charge in [-0.2, -0.15) is 0 Å². The molecule has 0 radical (unpaired) electrons. The minimum absolute atomic E-state index is 0.235. The minimum atomic E-state index is -1.02. The molecule has 1 aliphatic rings. The van der Waals surface area contributed by atoms with Gasteiger partial charge in [0.05, 0.1) is 27.5 Å². The van der Waals surface area contributed by atoms with Gasteiger partial charge in [0.25, 0.3) is 5.91 Å². The van der Waals surface area contributed by atoms with Crippen molar-refractivity contribution in [1.82, 2.24) is 0 Å². The molecule has 7 heteroatoms. The molecule has 0 fully saturated rings. The molecule has 3 rings (SSSR count). The van der Waals surface area contributed by atoms with Crippen LogP contribution in [-0.2, 0) is 0 Å². The van der Waals surface area contributed by atoms with Crippen LogP contribution >= 0.6 is 23.2 Å². The molecule has 0 spiro atoms. The van der Waals surface area contributed by atoms with Crippen LogP contribution in [0.1, 0.15) is 34.8 Å². The number of rotatable bonds is 2. The second kappa shape index (κ2) is 7.41. The van der Waals surface area contributed by atoms with Crippen LogP contribution in [-0.4, -0.2) is 29.7 Å². The summed E-state index contributed by atoms with van der Waals surface area (Å²) < 4.78 is 0. The van der Waals surface area contributed by atoms with Crippen molar-refractivity contribution < 1.29 is 14.7 Å². The van der Waals surface area contributed by atoms with E-state index >= 15 is 0 Å². The Morgan fingerprint density at radius 2 is 1.70 bits per heavy atom. The molecule has 2 aromatic carbocycles. The molecule has 1 atom stereocenters. The van der Waals surface area contributed by atoms with E-state index in [0.717, 1.165) is 11.1 Å². The third-order valence-electron chi connectivity index (χ3n) is 4.99. The van der Waals surface area contributed by atoms with Crippen molar-refractivity contribution >= 4 is 46.6 Å². The second-order valence-corrected chi connectivity index (χ2v) is 7.50. The highest BCUT2D eigenvalue weighted by Crippen LogP contribution is 2.39. The highest BCUT2D eigenvalue weighted by molar-refractivity contribution is 6.42. The number of nitrogens with zero attached hydrogens (tertiary/aromatic N) is 2. The SMILES string of the molecule is CCC1CN(C(=O)c2ccc(Cl)c(Cl)c2)c2cc(C)c(C)cc2N1C(=O)O. The number of hydrogen-bond donors (Lipinski definition) is 1. The van der Waals surface area contributed by atoms with Gasteiger partial charge in [0.1, 0.15) is 0 Å². The zero-order valence-corrected chi connectivity index (χ0v) is 16.8. The van der Waals surface area contributed by atoms with Gasteiger partial charge in [-0.3, -0.25) is 9.69 Å². The summed E-state index contributed by atoms with van der Waals surface area (Å²) in [6.45, 7) is 6.05. The first-order chi connectivity index (χ1) is 12.7. The standard InChI is InChI=1S/C20H20Cl2N2O3/c1-4-14-10-23(19(25)13-5-6-15(21)16(22)9-13)17-7-11(2)12(3)8-18(17)24(14)20(26)27/h5-9,14H,4,10H2,1-3H3,(H,26,27). The summed E-state index contributed by atoms with van der Waals surface area (Å²) in [4.78, 5) is 28.1. The van der Waals surface area contributed by atoms with Crippen molar-refractivity contribution in [2.75, 3.05) is 16.3 Å². The summed E-state index contributed by atoms with van der Waals surface area (Å²) in [5.41, 5.74) is 3.48. The van der Waals surface area contributed by atoms with Crippen LogP contribution < -0.4 is 9.80 Å². The van der Waals surface area contributed by atoms with E-state index in [1.807, 2.05) is 32.9 Å². The summed E-state index contributed by atoms with van der Waals surface area (Å²) in [6, 6.07) is 8.11. The van der Waals surface area contributed by atoms with Gasteiger partial charge in [-0.25, -0.2) is 4.79 Å². The van der Waals surface area contributed by atoms with Crippen molar-refractivity contribution in [1.29, 1.82) is 0 Å². The lowest BCUT2D eigenvalue weighted by atomic mass is 9.99. The molecule has 2 aromatic rings. The van der Waals surface area contributed by atoms with Gasteiger partial charge >= 0.3 is 6.09 Å². The first-order valence-corrected chi connectivity index (χ1v) is 9.40. The number of anilines is 2. The number of halogens is 2. The van der Waals surface area contributed by atoms with E-state index in [1.165, 1.54) is 11.0 Å². The van der Waals surface area contributed by atoms with Crippen molar-refractivity contribution in [2.24, 2.45) is 0 Å². The highest BCUT2D eigenvalue weighted by Gasteiger charge is 2.37. The molecule has 1 aliphatic heterocycles. The van der Waals surface area contributed by atoms with E-state index < -0.39 is 6.09 Å². The van der Waals surface area contributed by atoms with E-state index in [2.05, 4.69) is 0 Å². The number of aryl methyl sites for hydroxylation is 2. The van der Waals surface area contributed by atoms with E-state index in [4.69, 9.17) is 23.2 Å². The maximum absolute atomic E-state index is 13.2. The minimum Gasteiger partial charge on any atom is -0.465 e. The average molecular weight is 407 g/mol. The monoisotopic (exact) mass is 406 g/mol. The van der Waals surface area contributed by atoms with Crippen LogP contribution in [0.3, 0.4) is 0 Å². The van der Waals surface area contributed by atoms with E-state index in [-0.39, 0.29) is 18.5 Å². The molecule has 0 saturated heterocycles. The van der Waals surface area contributed by atoms with Crippen LogP contribution in [0.25, 0.3) is 0 Å². The fourth-order valence-corrected chi connectivity index (χ4v) is 3.63. The number of carboxylic acid groups (broad SMARTS) is 1. The Morgan fingerprint density at radius 3 is 2.26 bits per heavy atom. The molecular formula is C20H20Cl2N2O3. The van der Waals surface area contributed by atoms with Crippen molar-refractivity contribution in [2.45, 2.75) is 33.2 Å². The van der Waals surface area contributed by atoms with Gasteiger partial charge in [0.2, 0.25) is 0 Å². The van der Waals surface area contributed by atoms with Crippen molar-refractivity contribution in [3.63, 3.8) is 0 Å². The summed E-state index contributed by atoms with van der Waals surface area (Å²) in [6.07, 6.45) is -0.433. The van der Waals surface area contributed by atoms with Gasteiger partial charge in [-0.1, -0.05) is 30.1 Å². The molecule has 27 heavy (non-hydrogen) atoms. The Balaban J connectivity index is 2.14. The molecule has 2 amide bonds. The molecular weight excluding hydrogens is 387 g/mol. The third kappa shape index (κ3) is 3.49.